The number of nitrogens with zero attached hydrogens (tertiary/aromatic N) is 1. The summed E-state index contributed by atoms with van der Waals surface area (Å²) in [5, 5.41) is 12.5. The van der Waals surface area contributed by atoms with Crippen LogP contribution in [0.25, 0.3) is 11.1 Å². The van der Waals surface area contributed by atoms with Crippen LogP contribution in [0.5, 0.6) is 0 Å². The maximum absolute atomic E-state index is 13.5. The largest absolute Gasteiger partial charge is 0.480 e. The van der Waals surface area contributed by atoms with E-state index in [0.717, 1.165) is 22.3 Å². The molecule has 1 saturated heterocycles. The molecule has 4 rings (SSSR count). The van der Waals surface area contributed by atoms with Crippen LogP contribution >= 0.6 is 0 Å². The van der Waals surface area contributed by atoms with Gasteiger partial charge in [-0.25, -0.2) is 9.59 Å². The first-order chi connectivity index (χ1) is 16.5. The molecule has 7 heteroatoms. The Morgan fingerprint density at radius 1 is 1.09 bits per heavy atom. The second-order valence-electron chi connectivity index (χ2n) is 11.0. The zero-order valence-corrected chi connectivity index (χ0v) is 20.8. The van der Waals surface area contributed by atoms with E-state index in [1.807, 2.05) is 57.2 Å². The Morgan fingerprint density at radius 2 is 1.66 bits per heavy atom. The van der Waals surface area contributed by atoms with Gasteiger partial charge >= 0.3 is 12.1 Å². The van der Waals surface area contributed by atoms with Crippen LogP contribution in [0.2, 0.25) is 0 Å². The van der Waals surface area contributed by atoms with Crippen LogP contribution in [-0.2, 0) is 14.3 Å². The average Bonchev–Trinajstić information content (AvgIpc) is 3.35. The highest BCUT2D eigenvalue weighted by atomic mass is 16.5. The number of carbonyl (C=O) groups excluding carboxylic acids is 2. The Kier molecular flexibility index (Phi) is 6.62. The molecular formula is C28H34N2O5. The van der Waals surface area contributed by atoms with Crippen LogP contribution in [0.15, 0.2) is 48.5 Å². The van der Waals surface area contributed by atoms with E-state index in [9.17, 15) is 19.5 Å². The number of aliphatic carboxylic acids is 1. The molecule has 0 saturated carbocycles. The molecule has 35 heavy (non-hydrogen) atoms. The first-order valence-electron chi connectivity index (χ1n) is 12.2. The lowest BCUT2D eigenvalue weighted by Crippen LogP contribution is -2.57. The van der Waals surface area contributed by atoms with E-state index >= 15 is 0 Å². The number of ether oxygens (including phenoxy) is 1. The SMILES string of the molecule is CC(C)(C)CC(NC(=O)OCC1c2ccccc2-c2ccccc21)C(=O)N1CCC[C@]1(C)C(=O)O. The number of fused-ring (bicyclic) bond motifs is 3. The van der Waals surface area contributed by atoms with Crippen molar-refractivity contribution < 1.29 is 24.2 Å². The third kappa shape index (κ3) is 4.90. The van der Waals surface area contributed by atoms with Crippen molar-refractivity contribution in [2.75, 3.05) is 13.2 Å². The normalized spacial score (nSPS) is 20.2. The van der Waals surface area contributed by atoms with Gasteiger partial charge in [0.25, 0.3) is 0 Å². The summed E-state index contributed by atoms with van der Waals surface area (Å²) in [5.41, 5.74) is 2.96. The second-order valence-corrected chi connectivity index (χ2v) is 11.0. The predicted molar refractivity (Wildman–Crippen MR) is 133 cm³/mol. The summed E-state index contributed by atoms with van der Waals surface area (Å²) in [5.74, 6) is -1.49. The molecule has 7 nitrogen and oxygen atoms in total. The minimum Gasteiger partial charge on any atom is -0.480 e. The first-order valence-corrected chi connectivity index (χ1v) is 12.2. The highest BCUT2D eigenvalue weighted by molar-refractivity contribution is 5.91. The van der Waals surface area contributed by atoms with E-state index < -0.39 is 23.6 Å². The fourth-order valence-electron chi connectivity index (χ4n) is 5.32. The fraction of sp³-hybridized carbons (Fsp3) is 0.464. The standard InChI is InChI=1S/C28H34N2O5/c1-27(2,3)16-23(24(31)30-15-9-14-28(30,4)25(32)33)29-26(34)35-17-22-20-12-7-5-10-18(20)19-11-6-8-13-21(19)22/h5-8,10-13,22-23H,9,14-17H2,1-4H3,(H,29,34)(H,32,33)/t23?,28-/m1/s1. The van der Waals surface area contributed by atoms with E-state index in [-0.39, 0.29) is 23.8 Å². The molecule has 0 aromatic heterocycles. The minimum absolute atomic E-state index is 0.0844. The lowest BCUT2D eigenvalue weighted by atomic mass is 9.87. The van der Waals surface area contributed by atoms with Crippen molar-refractivity contribution in [3.63, 3.8) is 0 Å². The molecule has 1 heterocycles. The molecule has 0 bridgehead atoms. The van der Waals surface area contributed by atoms with Crippen molar-refractivity contribution in [3.05, 3.63) is 59.7 Å². The highest BCUT2D eigenvalue weighted by Gasteiger charge is 2.48. The van der Waals surface area contributed by atoms with E-state index in [4.69, 9.17) is 4.74 Å². The molecule has 2 aromatic carbocycles. The molecule has 2 aromatic rings. The maximum atomic E-state index is 13.5. The van der Waals surface area contributed by atoms with Gasteiger partial charge < -0.3 is 20.1 Å². The first kappa shape index (κ1) is 24.8. The summed E-state index contributed by atoms with van der Waals surface area (Å²) < 4.78 is 5.66. The lowest BCUT2D eigenvalue weighted by molar-refractivity contribution is -0.156. The molecule has 2 atom stereocenters. The Labute approximate surface area is 206 Å². The van der Waals surface area contributed by atoms with Crippen LogP contribution in [0.1, 0.15) is 64.0 Å². The molecule has 1 aliphatic carbocycles. The highest BCUT2D eigenvalue weighted by Crippen LogP contribution is 2.44. The molecule has 2 amide bonds. The third-order valence-electron chi connectivity index (χ3n) is 7.12. The van der Waals surface area contributed by atoms with Gasteiger partial charge in [0.05, 0.1) is 0 Å². The van der Waals surface area contributed by atoms with Gasteiger partial charge in [-0.1, -0.05) is 69.3 Å². The number of carbonyl (C=O) groups is 3. The Morgan fingerprint density at radius 3 is 2.20 bits per heavy atom. The molecule has 1 fully saturated rings. The van der Waals surface area contributed by atoms with Crippen molar-refractivity contribution in [1.82, 2.24) is 10.2 Å². The summed E-state index contributed by atoms with van der Waals surface area (Å²) in [7, 11) is 0. The van der Waals surface area contributed by atoms with Gasteiger partial charge in [0.1, 0.15) is 18.2 Å². The summed E-state index contributed by atoms with van der Waals surface area (Å²) in [6.07, 6.45) is 0.691. The van der Waals surface area contributed by atoms with Crippen LogP contribution < -0.4 is 5.32 Å². The number of amides is 2. The number of hydrogen-bond donors (Lipinski definition) is 2. The zero-order chi connectivity index (χ0) is 25.4. The van der Waals surface area contributed by atoms with Crippen molar-refractivity contribution >= 4 is 18.0 Å². The third-order valence-corrected chi connectivity index (χ3v) is 7.12. The summed E-state index contributed by atoms with van der Waals surface area (Å²) in [4.78, 5) is 39.7. The smallest absolute Gasteiger partial charge is 0.407 e. The van der Waals surface area contributed by atoms with Gasteiger partial charge in [0.2, 0.25) is 5.91 Å². The van der Waals surface area contributed by atoms with Crippen molar-refractivity contribution in [2.24, 2.45) is 5.41 Å². The van der Waals surface area contributed by atoms with Crippen LogP contribution in [0, 0.1) is 5.41 Å². The quantitative estimate of drug-likeness (QED) is 0.622. The molecule has 0 radical (unpaired) electrons. The number of alkyl carbamates (subject to hydrolysis) is 1. The van der Waals surface area contributed by atoms with E-state index in [2.05, 4.69) is 17.4 Å². The molecule has 1 unspecified atom stereocenters. The number of benzene rings is 2. The van der Waals surface area contributed by atoms with Crippen molar-refractivity contribution in [1.29, 1.82) is 0 Å². The second kappa shape index (κ2) is 9.36. The minimum atomic E-state index is -1.27. The molecular weight excluding hydrogens is 444 g/mol. The number of carboxylic acid groups (broad SMARTS) is 1. The summed E-state index contributed by atoms with van der Waals surface area (Å²) >= 11 is 0. The average molecular weight is 479 g/mol. The van der Waals surface area contributed by atoms with Crippen LogP contribution in [-0.4, -0.2) is 52.7 Å². The zero-order valence-electron chi connectivity index (χ0n) is 20.8. The van der Waals surface area contributed by atoms with Crippen LogP contribution in [0.3, 0.4) is 0 Å². The van der Waals surface area contributed by atoms with Gasteiger partial charge in [-0.15, -0.1) is 0 Å². The molecule has 1 aliphatic heterocycles. The molecule has 2 aliphatic rings. The summed E-state index contributed by atoms with van der Waals surface area (Å²) in [6, 6.07) is 15.3. The predicted octanol–water partition coefficient (Wildman–Crippen LogP) is 4.80. The number of carboxylic acids is 1. The Hall–Kier alpha value is -3.35. The molecule has 0 spiro atoms. The Bertz CT molecular complexity index is 1090. The molecule has 2 N–H and O–H groups in total. The van der Waals surface area contributed by atoms with E-state index in [0.29, 0.717) is 25.8 Å². The van der Waals surface area contributed by atoms with Crippen molar-refractivity contribution in [2.45, 2.75) is 64.5 Å². The Balaban J connectivity index is 1.48. The van der Waals surface area contributed by atoms with Gasteiger partial charge in [-0.3, -0.25) is 4.79 Å². The van der Waals surface area contributed by atoms with Gasteiger partial charge in [-0.2, -0.15) is 0 Å². The fourth-order valence-corrected chi connectivity index (χ4v) is 5.32. The van der Waals surface area contributed by atoms with Crippen LogP contribution in [0.4, 0.5) is 4.79 Å². The van der Waals surface area contributed by atoms with Gasteiger partial charge in [0, 0.05) is 12.5 Å². The number of rotatable bonds is 6. The van der Waals surface area contributed by atoms with Gasteiger partial charge in [-0.05, 0) is 53.9 Å². The monoisotopic (exact) mass is 478 g/mol. The lowest BCUT2D eigenvalue weighted by Gasteiger charge is -2.35. The topological polar surface area (TPSA) is 95.9 Å². The van der Waals surface area contributed by atoms with Crippen molar-refractivity contribution in [3.8, 4) is 11.1 Å². The number of hydrogen-bond acceptors (Lipinski definition) is 4. The number of nitrogens with one attached hydrogen (secondary N) is 1. The summed E-state index contributed by atoms with van der Waals surface area (Å²) in [6.45, 7) is 8.01. The number of likely N-dealkylation sites (tertiary alicyclic amines) is 1. The van der Waals surface area contributed by atoms with Gasteiger partial charge in [0.15, 0.2) is 0 Å². The van der Waals surface area contributed by atoms with E-state index in [1.54, 1.807) is 6.92 Å². The molecule has 186 valence electrons. The maximum Gasteiger partial charge on any atom is 0.407 e. The van der Waals surface area contributed by atoms with E-state index in [1.165, 1.54) is 4.90 Å².